The molecule has 82 valence electrons. The summed E-state index contributed by atoms with van der Waals surface area (Å²) in [6, 6.07) is 12.7. The molecule has 2 rings (SSSR count). The molecule has 2 heteroatoms. The Morgan fingerprint density at radius 3 is 2.12 bits per heavy atom. The molecule has 1 aromatic heterocycles. The lowest BCUT2D eigenvalue weighted by atomic mass is 10.0. The van der Waals surface area contributed by atoms with E-state index < -0.39 is 0 Å². The predicted octanol–water partition coefficient (Wildman–Crippen LogP) is 2.64. The molecule has 0 spiro atoms. The average Bonchev–Trinajstić information content (AvgIpc) is 2.38. The topological polar surface area (TPSA) is 38.9 Å². The van der Waals surface area contributed by atoms with Crippen LogP contribution in [0.1, 0.15) is 12.0 Å². The molecule has 0 saturated carbocycles. The van der Waals surface area contributed by atoms with Crippen LogP contribution in [0.3, 0.4) is 0 Å². The Labute approximate surface area is 96.1 Å². The van der Waals surface area contributed by atoms with Gasteiger partial charge in [-0.05, 0) is 48.2 Å². The van der Waals surface area contributed by atoms with Gasteiger partial charge in [0.2, 0.25) is 0 Å². The second kappa shape index (κ2) is 5.42. The fourth-order valence-corrected chi connectivity index (χ4v) is 1.71. The molecule has 2 N–H and O–H groups in total. The van der Waals surface area contributed by atoms with Crippen molar-refractivity contribution in [1.29, 1.82) is 0 Å². The number of nitrogens with two attached hydrogens (primary N) is 1. The summed E-state index contributed by atoms with van der Waals surface area (Å²) in [6.07, 6.45) is 5.75. The second-order valence-corrected chi connectivity index (χ2v) is 3.83. The van der Waals surface area contributed by atoms with Crippen LogP contribution < -0.4 is 5.73 Å². The number of aromatic nitrogens is 1. The number of pyridine rings is 1. The number of aryl methyl sites for hydroxylation is 1. The first-order valence-electron chi connectivity index (χ1n) is 5.59. The van der Waals surface area contributed by atoms with Gasteiger partial charge in [-0.3, -0.25) is 4.98 Å². The Balaban J connectivity index is 2.13. The van der Waals surface area contributed by atoms with Gasteiger partial charge in [0, 0.05) is 12.4 Å². The minimum absolute atomic E-state index is 0.756. The van der Waals surface area contributed by atoms with Gasteiger partial charge in [-0.1, -0.05) is 24.3 Å². The smallest absolute Gasteiger partial charge is 0.0273 e. The van der Waals surface area contributed by atoms with Gasteiger partial charge in [0.15, 0.2) is 0 Å². The highest BCUT2D eigenvalue weighted by molar-refractivity contribution is 5.62. The van der Waals surface area contributed by atoms with Crippen molar-refractivity contribution in [3.8, 4) is 11.1 Å². The first-order chi connectivity index (χ1) is 7.90. The molecule has 0 aliphatic rings. The molecular weight excluding hydrogens is 196 g/mol. The van der Waals surface area contributed by atoms with Gasteiger partial charge in [-0.15, -0.1) is 0 Å². The minimum atomic E-state index is 0.756. The van der Waals surface area contributed by atoms with E-state index in [1.54, 1.807) is 0 Å². The molecule has 0 bridgehead atoms. The van der Waals surface area contributed by atoms with Gasteiger partial charge in [-0.25, -0.2) is 0 Å². The summed E-state index contributed by atoms with van der Waals surface area (Å²) in [7, 11) is 0. The predicted molar refractivity (Wildman–Crippen MR) is 67.0 cm³/mol. The summed E-state index contributed by atoms with van der Waals surface area (Å²) in [5.74, 6) is 0. The van der Waals surface area contributed by atoms with Crippen LogP contribution in [0.4, 0.5) is 0 Å². The van der Waals surface area contributed by atoms with Crippen LogP contribution in [0, 0.1) is 0 Å². The number of benzene rings is 1. The number of nitrogens with zero attached hydrogens (tertiary/aromatic N) is 1. The van der Waals surface area contributed by atoms with Crippen LogP contribution in [0.15, 0.2) is 48.8 Å². The summed E-state index contributed by atoms with van der Waals surface area (Å²) in [6.45, 7) is 0.756. The number of rotatable bonds is 4. The maximum Gasteiger partial charge on any atom is 0.0273 e. The fraction of sp³-hybridized carbons (Fsp3) is 0.214. The second-order valence-electron chi connectivity index (χ2n) is 3.83. The van der Waals surface area contributed by atoms with Crippen LogP contribution >= 0.6 is 0 Å². The molecule has 0 aliphatic heterocycles. The van der Waals surface area contributed by atoms with Crippen LogP contribution in [0.2, 0.25) is 0 Å². The van der Waals surface area contributed by atoms with Crippen molar-refractivity contribution in [2.45, 2.75) is 12.8 Å². The highest BCUT2D eigenvalue weighted by Crippen LogP contribution is 2.18. The summed E-state index contributed by atoms with van der Waals surface area (Å²) in [4.78, 5) is 4.02. The van der Waals surface area contributed by atoms with E-state index in [-0.39, 0.29) is 0 Å². The fourth-order valence-electron chi connectivity index (χ4n) is 1.71. The Morgan fingerprint density at radius 2 is 1.50 bits per heavy atom. The quantitative estimate of drug-likeness (QED) is 0.846. The van der Waals surface area contributed by atoms with E-state index in [1.165, 1.54) is 16.7 Å². The Hall–Kier alpha value is -1.67. The Bertz CT molecular complexity index is 420. The van der Waals surface area contributed by atoms with Gasteiger partial charge in [0.1, 0.15) is 0 Å². The lowest BCUT2D eigenvalue weighted by Crippen LogP contribution is -2.00. The lowest BCUT2D eigenvalue weighted by Gasteiger charge is -2.03. The van der Waals surface area contributed by atoms with Crippen molar-refractivity contribution in [2.24, 2.45) is 5.73 Å². The van der Waals surface area contributed by atoms with Gasteiger partial charge < -0.3 is 5.73 Å². The molecule has 0 saturated heterocycles. The van der Waals surface area contributed by atoms with Crippen LogP contribution in [-0.2, 0) is 6.42 Å². The zero-order valence-corrected chi connectivity index (χ0v) is 9.26. The maximum atomic E-state index is 5.49. The van der Waals surface area contributed by atoms with Crippen LogP contribution in [-0.4, -0.2) is 11.5 Å². The molecule has 0 atom stereocenters. The normalized spacial score (nSPS) is 10.3. The highest BCUT2D eigenvalue weighted by Gasteiger charge is 1.97. The molecule has 0 radical (unpaired) electrons. The molecule has 16 heavy (non-hydrogen) atoms. The zero-order chi connectivity index (χ0) is 11.2. The molecule has 0 amide bonds. The molecule has 0 unspecified atom stereocenters. The first kappa shape index (κ1) is 10.8. The molecule has 0 fully saturated rings. The molecule has 1 aromatic carbocycles. The van der Waals surface area contributed by atoms with Crippen LogP contribution in [0.25, 0.3) is 11.1 Å². The van der Waals surface area contributed by atoms with Crippen molar-refractivity contribution in [3.63, 3.8) is 0 Å². The Morgan fingerprint density at radius 1 is 0.875 bits per heavy atom. The first-order valence-corrected chi connectivity index (χ1v) is 5.59. The van der Waals surface area contributed by atoms with E-state index >= 15 is 0 Å². The van der Waals surface area contributed by atoms with Gasteiger partial charge in [0.25, 0.3) is 0 Å². The van der Waals surface area contributed by atoms with Crippen molar-refractivity contribution in [1.82, 2.24) is 4.98 Å². The van der Waals surface area contributed by atoms with E-state index in [0.717, 1.165) is 19.4 Å². The van der Waals surface area contributed by atoms with Crippen molar-refractivity contribution in [2.75, 3.05) is 6.54 Å². The van der Waals surface area contributed by atoms with Gasteiger partial charge >= 0.3 is 0 Å². The van der Waals surface area contributed by atoms with E-state index in [0.29, 0.717) is 0 Å². The van der Waals surface area contributed by atoms with Gasteiger partial charge in [0.05, 0.1) is 0 Å². The molecule has 2 aromatic rings. The monoisotopic (exact) mass is 212 g/mol. The number of hydrogen-bond donors (Lipinski definition) is 1. The van der Waals surface area contributed by atoms with Crippen molar-refractivity contribution < 1.29 is 0 Å². The standard InChI is InChI=1S/C14H16N2/c15-9-1-2-12-3-5-13(6-4-12)14-7-10-16-11-8-14/h3-8,10-11H,1-2,9,15H2. The summed E-state index contributed by atoms with van der Waals surface area (Å²) in [5, 5.41) is 0. The van der Waals surface area contributed by atoms with E-state index in [9.17, 15) is 0 Å². The van der Waals surface area contributed by atoms with E-state index in [1.807, 2.05) is 24.5 Å². The van der Waals surface area contributed by atoms with Crippen molar-refractivity contribution in [3.05, 3.63) is 54.4 Å². The minimum Gasteiger partial charge on any atom is -0.330 e. The third-order valence-corrected chi connectivity index (χ3v) is 2.64. The van der Waals surface area contributed by atoms with E-state index in [2.05, 4.69) is 29.2 Å². The third kappa shape index (κ3) is 2.67. The largest absolute Gasteiger partial charge is 0.330 e. The zero-order valence-electron chi connectivity index (χ0n) is 9.26. The van der Waals surface area contributed by atoms with Crippen molar-refractivity contribution >= 4 is 0 Å². The molecule has 0 aliphatic carbocycles. The maximum absolute atomic E-state index is 5.49. The molecule has 1 heterocycles. The summed E-state index contributed by atoms with van der Waals surface area (Å²) in [5.41, 5.74) is 9.28. The third-order valence-electron chi connectivity index (χ3n) is 2.64. The summed E-state index contributed by atoms with van der Waals surface area (Å²) >= 11 is 0. The summed E-state index contributed by atoms with van der Waals surface area (Å²) < 4.78 is 0. The SMILES string of the molecule is NCCCc1ccc(-c2ccncc2)cc1. The van der Waals surface area contributed by atoms with Gasteiger partial charge in [-0.2, -0.15) is 0 Å². The molecular formula is C14H16N2. The Kier molecular flexibility index (Phi) is 3.67. The average molecular weight is 212 g/mol. The van der Waals surface area contributed by atoms with Crippen LogP contribution in [0.5, 0.6) is 0 Å². The number of hydrogen-bond acceptors (Lipinski definition) is 2. The highest BCUT2D eigenvalue weighted by atomic mass is 14.6. The van der Waals surface area contributed by atoms with E-state index in [4.69, 9.17) is 5.73 Å². The molecule has 2 nitrogen and oxygen atoms in total. The lowest BCUT2D eigenvalue weighted by molar-refractivity contribution is 0.833.